The molecule has 0 saturated carbocycles. The van der Waals surface area contributed by atoms with E-state index in [0.29, 0.717) is 22.5 Å². The first-order chi connectivity index (χ1) is 13.8. The van der Waals surface area contributed by atoms with Crippen molar-refractivity contribution in [3.05, 3.63) is 59.9 Å². The van der Waals surface area contributed by atoms with E-state index in [1.165, 1.54) is 19.5 Å². The summed E-state index contributed by atoms with van der Waals surface area (Å²) in [5.74, 6) is -0.144. The van der Waals surface area contributed by atoms with Crippen molar-refractivity contribution in [1.29, 1.82) is 0 Å². The van der Waals surface area contributed by atoms with Gasteiger partial charge in [0.05, 0.1) is 30.5 Å². The lowest BCUT2D eigenvalue weighted by atomic mass is 10.0. The number of benzene rings is 2. The molecule has 0 aliphatic carbocycles. The molecule has 1 heterocycles. The van der Waals surface area contributed by atoms with Gasteiger partial charge in [0.15, 0.2) is 0 Å². The van der Waals surface area contributed by atoms with E-state index in [1.54, 1.807) is 18.2 Å². The van der Waals surface area contributed by atoms with Crippen LogP contribution in [0.4, 0.5) is 5.82 Å². The molecule has 1 aromatic heterocycles. The van der Waals surface area contributed by atoms with Crippen LogP contribution in [0.2, 0.25) is 0 Å². The Labute approximate surface area is 167 Å². The number of ether oxygens (including phenoxy) is 1. The van der Waals surface area contributed by atoms with E-state index in [1.807, 2.05) is 18.2 Å². The standard InChI is InChI=1S/C19H20N4O5S/c1-28-16-9-4-3-6-12(16)15(10-22-29(2,26)27)23-18-13-7-5-8-14(19(24)25)17(13)20-11-21-18/h3-9,11,15,22H,10H2,1-2H3,(H,24,25)(H,20,21,23). The van der Waals surface area contributed by atoms with Crippen molar-refractivity contribution in [2.45, 2.75) is 6.04 Å². The van der Waals surface area contributed by atoms with Crippen molar-refractivity contribution < 1.29 is 23.1 Å². The third kappa shape index (κ3) is 4.79. The Hall–Kier alpha value is -3.24. The Kier molecular flexibility index (Phi) is 5.95. The molecular weight excluding hydrogens is 396 g/mol. The molecule has 0 saturated heterocycles. The first kappa shape index (κ1) is 20.5. The van der Waals surface area contributed by atoms with E-state index in [2.05, 4.69) is 20.0 Å². The van der Waals surface area contributed by atoms with Crippen LogP contribution in [0.3, 0.4) is 0 Å². The number of aromatic nitrogens is 2. The molecule has 0 amide bonds. The Morgan fingerprint density at radius 2 is 1.93 bits per heavy atom. The number of rotatable bonds is 8. The molecule has 152 valence electrons. The van der Waals surface area contributed by atoms with Crippen molar-refractivity contribution in [2.24, 2.45) is 0 Å². The molecule has 3 N–H and O–H groups in total. The number of anilines is 1. The number of methoxy groups -OCH3 is 1. The predicted molar refractivity (Wildman–Crippen MR) is 109 cm³/mol. The van der Waals surface area contributed by atoms with Gasteiger partial charge in [0.2, 0.25) is 10.0 Å². The summed E-state index contributed by atoms with van der Waals surface area (Å²) < 4.78 is 31.2. The van der Waals surface area contributed by atoms with Crippen LogP contribution < -0.4 is 14.8 Å². The maximum Gasteiger partial charge on any atom is 0.337 e. The minimum atomic E-state index is -3.44. The Balaban J connectivity index is 2.06. The van der Waals surface area contributed by atoms with Gasteiger partial charge in [-0.2, -0.15) is 0 Å². The van der Waals surface area contributed by atoms with Crippen molar-refractivity contribution in [1.82, 2.24) is 14.7 Å². The number of sulfonamides is 1. The predicted octanol–water partition coefficient (Wildman–Crippen LogP) is 2.04. The molecule has 9 nitrogen and oxygen atoms in total. The van der Waals surface area contributed by atoms with Gasteiger partial charge in [-0.05, 0) is 18.2 Å². The number of nitrogens with zero attached hydrogens (tertiary/aromatic N) is 2. The maximum atomic E-state index is 11.6. The van der Waals surface area contributed by atoms with Crippen LogP contribution in [0.15, 0.2) is 48.8 Å². The SMILES string of the molecule is COc1ccccc1C(CNS(C)(=O)=O)Nc1ncnc2c(C(=O)O)cccc12. The van der Waals surface area contributed by atoms with Crippen LogP contribution in [-0.4, -0.2) is 49.4 Å². The van der Waals surface area contributed by atoms with Crippen molar-refractivity contribution in [3.63, 3.8) is 0 Å². The molecule has 1 atom stereocenters. The minimum Gasteiger partial charge on any atom is -0.496 e. The Morgan fingerprint density at radius 3 is 2.62 bits per heavy atom. The molecule has 3 aromatic rings. The lowest BCUT2D eigenvalue weighted by Crippen LogP contribution is -2.31. The quantitative estimate of drug-likeness (QED) is 0.508. The van der Waals surface area contributed by atoms with Crippen LogP contribution in [0.5, 0.6) is 5.75 Å². The van der Waals surface area contributed by atoms with Crippen LogP contribution in [-0.2, 0) is 10.0 Å². The topological polar surface area (TPSA) is 131 Å². The molecule has 0 bridgehead atoms. The first-order valence-electron chi connectivity index (χ1n) is 8.61. The van der Waals surface area contributed by atoms with Crippen molar-refractivity contribution in [2.75, 3.05) is 25.2 Å². The zero-order valence-corrected chi connectivity index (χ0v) is 16.6. The van der Waals surface area contributed by atoms with E-state index < -0.39 is 22.0 Å². The van der Waals surface area contributed by atoms with Crippen LogP contribution >= 0.6 is 0 Å². The van der Waals surface area contributed by atoms with Gasteiger partial charge in [-0.3, -0.25) is 0 Å². The molecule has 3 rings (SSSR count). The third-order valence-corrected chi connectivity index (χ3v) is 4.96. The third-order valence-electron chi connectivity index (χ3n) is 4.27. The minimum absolute atomic E-state index is 0.0311. The number of aromatic carboxylic acids is 1. The molecule has 1 unspecified atom stereocenters. The largest absolute Gasteiger partial charge is 0.496 e. The molecule has 0 spiro atoms. The van der Waals surface area contributed by atoms with Crippen LogP contribution in [0.25, 0.3) is 10.9 Å². The average Bonchev–Trinajstić information content (AvgIpc) is 2.70. The fourth-order valence-corrected chi connectivity index (χ4v) is 3.44. The average molecular weight is 416 g/mol. The van der Waals surface area contributed by atoms with Gasteiger partial charge in [-0.25, -0.2) is 27.9 Å². The zero-order chi connectivity index (χ0) is 21.0. The van der Waals surface area contributed by atoms with Crippen LogP contribution in [0.1, 0.15) is 22.0 Å². The highest BCUT2D eigenvalue weighted by atomic mass is 32.2. The lowest BCUT2D eigenvalue weighted by Gasteiger charge is -2.22. The Morgan fingerprint density at radius 1 is 1.17 bits per heavy atom. The summed E-state index contributed by atoms with van der Waals surface area (Å²) in [6.07, 6.45) is 2.34. The highest BCUT2D eigenvalue weighted by molar-refractivity contribution is 7.88. The number of carboxylic acid groups (broad SMARTS) is 1. The second-order valence-electron chi connectivity index (χ2n) is 6.29. The highest BCUT2D eigenvalue weighted by Gasteiger charge is 2.20. The van der Waals surface area contributed by atoms with E-state index >= 15 is 0 Å². The number of nitrogens with one attached hydrogen (secondary N) is 2. The van der Waals surface area contributed by atoms with Gasteiger partial charge in [-0.1, -0.05) is 24.3 Å². The van der Waals surface area contributed by atoms with E-state index in [4.69, 9.17) is 4.74 Å². The summed E-state index contributed by atoms with van der Waals surface area (Å²) in [4.78, 5) is 19.8. The summed E-state index contributed by atoms with van der Waals surface area (Å²) in [7, 11) is -1.91. The number of hydrogen-bond donors (Lipinski definition) is 3. The second-order valence-corrected chi connectivity index (χ2v) is 8.12. The summed E-state index contributed by atoms with van der Waals surface area (Å²) in [5, 5.41) is 13.1. The monoisotopic (exact) mass is 416 g/mol. The highest BCUT2D eigenvalue weighted by Crippen LogP contribution is 2.30. The van der Waals surface area contributed by atoms with E-state index in [-0.39, 0.29) is 17.6 Å². The zero-order valence-electron chi connectivity index (χ0n) is 15.8. The number of para-hydroxylation sites is 2. The fraction of sp³-hybridized carbons (Fsp3) is 0.211. The number of fused-ring (bicyclic) bond motifs is 1. The van der Waals surface area contributed by atoms with Crippen LogP contribution in [0, 0.1) is 0 Å². The summed E-state index contributed by atoms with van der Waals surface area (Å²) >= 11 is 0. The number of hydrogen-bond acceptors (Lipinski definition) is 7. The van der Waals surface area contributed by atoms with Gasteiger partial charge in [0, 0.05) is 17.5 Å². The molecule has 0 fully saturated rings. The number of carbonyl (C=O) groups is 1. The molecule has 0 aliphatic heterocycles. The molecule has 0 radical (unpaired) electrons. The van der Waals surface area contributed by atoms with Gasteiger partial charge in [0.25, 0.3) is 0 Å². The van der Waals surface area contributed by atoms with Gasteiger partial charge in [-0.15, -0.1) is 0 Å². The van der Waals surface area contributed by atoms with Gasteiger partial charge in [0.1, 0.15) is 17.9 Å². The van der Waals surface area contributed by atoms with E-state index in [9.17, 15) is 18.3 Å². The molecule has 29 heavy (non-hydrogen) atoms. The maximum absolute atomic E-state index is 11.6. The molecule has 0 aliphatic rings. The van der Waals surface area contributed by atoms with Crippen molar-refractivity contribution >= 4 is 32.7 Å². The summed E-state index contributed by atoms with van der Waals surface area (Å²) in [6.45, 7) is 0.0311. The second kappa shape index (κ2) is 8.41. The van der Waals surface area contributed by atoms with Gasteiger partial charge < -0.3 is 15.2 Å². The molecule has 2 aromatic carbocycles. The van der Waals surface area contributed by atoms with Gasteiger partial charge >= 0.3 is 5.97 Å². The number of carboxylic acids is 1. The summed E-state index contributed by atoms with van der Waals surface area (Å²) in [5.41, 5.74) is 1.05. The van der Waals surface area contributed by atoms with E-state index in [0.717, 1.165) is 6.26 Å². The molecule has 10 heteroatoms. The molecular formula is C19H20N4O5S. The normalized spacial score (nSPS) is 12.5. The fourth-order valence-electron chi connectivity index (χ4n) is 2.97. The van der Waals surface area contributed by atoms with Crippen molar-refractivity contribution in [3.8, 4) is 5.75 Å². The Bertz CT molecular complexity index is 1150. The smallest absolute Gasteiger partial charge is 0.337 e. The first-order valence-corrected chi connectivity index (χ1v) is 10.5. The lowest BCUT2D eigenvalue weighted by molar-refractivity contribution is 0.0699. The summed E-state index contributed by atoms with van der Waals surface area (Å²) in [6, 6.07) is 11.4.